The van der Waals surface area contributed by atoms with Gasteiger partial charge in [0.15, 0.2) is 0 Å². The number of nitrogens with zero attached hydrogens (tertiary/aromatic N) is 1. The number of hydrogen-bond donors (Lipinski definition) is 4. The number of alkyl carbamates (subject to hydrolysis) is 1. The van der Waals surface area contributed by atoms with E-state index in [1.54, 1.807) is 45.0 Å². The number of carboxylic acid groups (broad SMARTS) is 1. The smallest absolute Gasteiger partial charge is 0.408 e. The highest BCUT2D eigenvalue weighted by atomic mass is 16.6. The standard InChI is InChI=1S/C30H44N4O7/c1-19(31-29(40)41-30(2,3)4)25(35)33-24(21-14-9-6-10-15-21)27(37)34-17-11-16-23(34)26(36)32-22(28(38)39)18-20-12-7-5-8-13-20/h5,7-8,12-13,19,21-24H,6,9-11,14-18H2,1-4H3,(H,31,40)(H,32,36)(H,33,35)(H,38,39)/t19-,22-,23-,24-/m0/s1. The maximum atomic E-state index is 13.9. The zero-order valence-electron chi connectivity index (χ0n) is 24.5. The second-order valence-electron chi connectivity index (χ2n) is 12.0. The molecule has 41 heavy (non-hydrogen) atoms. The van der Waals surface area contributed by atoms with Gasteiger partial charge in [0.2, 0.25) is 17.7 Å². The summed E-state index contributed by atoms with van der Waals surface area (Å²) >= 11 is 0. The zero-order valence-corrected chi connectivity index (χ0v) is 24.5. The Bertz CT molecular complexity index is 1080. The summed E-state index contributed by atoms with van der Waals surface area (Å²) in [5.74, 6) is -2.66. The Morgan fingerprint density at radius 3 is 2.22 bits per heavy atom. The molecule has 11 nitrogen and oxygen atoms in total. The van der Waals surface area contributed by atoms with Gasteiger partial charge in [0.25, 0.3) is 0 Å². The maximum absolute atomic E-state index is 13.9. The lowest BCUT2D eigenvalue weighted by Crippen LogP contribution is -2.59. The van der Waals surface area contributed by atoms with Gasteiger partial charge in [0, 0.05) is 13.0 Å². The predicted molar refractivity (Wildman–Crippen MR) is 152 cm³/mol. The number of amides is 4. The third-order valence-electron chi connectivity index (χ3n) is 7.55. The molecule has 1 heterocycles. The van der Waals surface area contributed by atoms with Crippen molar-refractivity contribution in [2.45, 2.75) is 109 Å². The van der Waals surface area contributed by atoms with Gasteiger partial charge in [-0.1, -0.05) is 49.6 Å². The van der Waals surface area contributed by atoms with E-state index in [1.165, 1.54) is 11.8 Å². The molecular formula is C30H44N4O7. The van der Waals surface area contributed by atoms with Crippen LogP contribution in [0, 0.1) is 5.92 Å². The van der Waals surface area contributed by atoms with Gasteiger partial charge in [0.1, 0.15) is 29.8 Å². The molecule has 4 atom stereocenters. The normalized spacial score (nSPS) is 19.9. The summed E-state index contributed by atoms with van der Waals surface area (Å²) in [6.45, 7) is 7.01. The van der Waals surface area contributed by atoms with Gasteiger partial charge in [-0.05, 0) is 64.9 Å². The molecule has 0 aromatic heterocycles. The lowest BCUT2D eigenvalue weighted by Gasteiger charge is -2.35. The number of carbonyl (C=O) groups is 5. The minimum absolute atomic E-state index is 0.108. The molecule has 4 N–H and O–H groups in total. The van der Waals surface area contributed by atoms with Gasteiger partial charge >= 0.3 is 12.1 Å². The average molecular weight is 573 g/mol. The maximum Gasteiger partial charge on any atom is 0.408 e. The van der Waals surface area contributed by atoms with E-state index < -0.39 is 53.6 Å². The Balaban J connectivity index is 1.71. The van der Waals surface area contributed by atoms with Crippen molar-refractivity contribution >= 4 is 29.8 Å². The van der Waals surface area contributed by atoms with E-state index in [0.29, 0.717) is 19.4 Å². The number of aliphatic carboxylic acids is 1. The average Bonchev–Trinajstić information content (AvgIpc) is 3.41. The molecule has 0 unspecified atom stereocenters. The van der Waals surface area contributed by atoms with E-state index in [0.717, 1.165) is 37.7 Å². The van der Waals surface area contributed by atoms with Crippen molar-refractivity contribution in [1.82, 2.24) is 20.9 Å². The monoisotopic (exact) mass is 572 g/mol. The minimum Gasteiger partial charge on any atom is -0.480 e. The molecule has 2 fully saturated rings. The number of ether oxygens (including phenoxy) is 1. The summed E-state index contributed by atoms with van der Waals surface area (Å²) in [6, 6.07) is 5.24. The Kier molecular flexibility index (Phi) is 11.1. The Labute approximate surface area is 241 Å². The van der Waals surface area contributed by atoms with Crippen LogP contribution in [0.2, 0.25) is 0 Å². The molecule has 0 bridgehead atoms. The molecule has 1 aromatic carbocycles. The molecule has 3 rings (SSSR count). The van der Waals surface area contributed by atoms with E-state index in [4.69, 9.17) is 4.74 Å². The molecule has 1 aliphatic heterocycles. The Hall–Kier alpha value is -3.63. The summed E-state index contributed by atoms with van der Waals surface area (Å²) in [5, 5.41) is 17.8. The van der Waals surface area contributed by atoms with Crippen LogP contribution >= 0.6 is 0 Å². The van der Waals surface area contributed by atoms with Crippen LogP contribution in [0.15, 0.2) is 30.3 Å². The second-order valence-corrected chi connectivity index (χ2v) is 12.0. The molecule has 2 aliphatic rings. The van der Waals surface area contributed by atoms with E-state index in [-0.39, 0.29) is 18.2 Å². The number of carboxylic acids is 1. The number of rotatable bonds is 10. The van der Waals surface area contributed by atoms with Crippen molar-refractivity contribution < 1.29 is 33.8 Å². The Morgan fingerprint density at radius 1 is 0.951 bits per heavy atom. The van der Waals surface area contributed by atoms with E-state index in [2.05, 4.69) is 16.0 Å². The third kappa shape index (κ3) is 9.47. The summed E-state index contributed by atoms with van der Waals surface area (Å²) in [7, 11) is 0. The van der Waals surface area contributed by atoms with Crippen LogP contribution in [-0.4, -0.2) is 76.1 Å². The summed E-state index contributed by atoms with van der Waals surface area (Å²) in [5.41, 5.74) is 0.0428. The fraction of sp³-hybridized carbons (Fsp3) is 0.633. The molecular weight excluding hydrogens is 528 g/mol. The molecule has 1 aromatic rings. The quantitative estimate of drug-likeness (QED) is 0.336. The van der Waals surface area contributed by atoms with Gasteiger partial charge in [-0.25, -0.2) is 9.59 Å². The SMILES string of the molecule is C[C@H](NC(=O)OC(C)(C)C)C(=O)N[C@H](C(=O)N1CCC[C@H]1C(=O)N[C@@H](Cc1ccccc1)C(=O)O)C1CCCCC1. The fourth-order valence-electron chi connectivity index (χ4n) is 5.48. The van der Waals surface area contributed by atoms with Crippen LogP contribution in [0.1, 0.15) is 78.2 Å². The van der Waals surface area contributed by atoms with E-state index in [1.807, 2.05) is 6.07 Å². The lowest BCUT2D eigenvalue weighted by atomic mass is 9.83. The van der Waals surface area contributed by atoms with Crippen molar-refractivity contribution in [1.29, 1.82) is 0 Å². The molecule has 0 radical (unpaired) electrons. The molecule has 226 valence electrons. The minimum atomic E-state index is -1.16. The van der Waals surface area contributed by atoms with Crippen molar-refractivity contribution in [2.75, 3.05) is 6.54 Å². The molecule has 1 saturated carbocycles. The van der Waals surface area contributed by atoms with Crippen LogP contribution in [-0.2, 0) is 30.3 Å². The number of hydrogen-bond acceptors (Lipinski definition) is 6. The van der Waals surface area contributed by atoms with Gasteiger partial charge in [-0.15, -0.1) is 0 Å². The van der Waals surface area contributed by atoms with Crippen LogP contribution in [0.25, 0.3) is 0 Å². The highest BCUT2D eigenvalue weighted by molar-refractivity contribution is 5.95. The first kappa shape index (κ1) is 31.9. The first-order chi connectivity index (χ1) is 19.4. The van der Waals surface area contributed by atoms with Crippen LogP contribution in [0.3, 0.4) is 0 Å². The van der Waals surface area contributed by atoms with E-state index >= 15 is 0 Å². The zero-order chi connectivity index (χ0) is 30.2. The highest BCUT2D eigenvalue weighted by Gasteiger charge is 2.42. The van der Waals surface area contributed by atoms with Crippen molar-refractivity contribution in [3.05, 3.63) is 35.9 Å². The van der Waals surface area contributed by atoms with E-state index in [9.17, 15) is 29.1 Å². The van der Waals surface area contributed by atoms with Crippen LogP contribution in [0.4, 0.5) is 4.79 Å². The van der Waals surface area contributed by atoms with Gasteiger partial charge in [-0.2, -0.15) is 0 Å². The molecule has 0 spiro atoms. The van der Waals surface area contributed by atoms with Crippen LogP contribution < -0.4 is 16.0 Å². The molecule has 11 heteroatoms. The lowest BCUT2D eigenvalue weighted by molar-refractivity contribution is -0.145. The molecule has 1 aliphatic carbocycles. The number of likely N-dealkylation sites (tertiary alicyclic amines) is 1. The summed E-state index contributed by atoms with van der Waals surface area (Å²) in [4.78, 5) is 66.0. The topological polar surface area (TPSA) is 154 Å². The molecule has 1 saturated heterocycles. The highest BCUT2D eigenvalue weighted by Crippen LogP contribution is 2.29. The van der Waals surface area contributed by atoms with Gasteiger partial charge in [-0.3, -0.25) is 14.4 Å². The van der Waals surface area contributed by atoms with Gasteiger partial charge in [0.05, 0.1) is 0 Å². The van der Waals surface area contributed by atoms with Crippen LogP contribution in [0.5, 0.6) is 0 Å². The van der Waals surface area contributed by atoms with Crippen molar-refractivity contribution in [3.8, 4) is 0 Å². The first-order valence-electron chi connectivity index (χ1n) is 14.5. The second kappa shape index (κ2) is 14.3. The number of benzene rings is 1. The van der Waals surface area contributed by atoms with Gasteiger partial charge < -0.3 is 30.7 Å². The first-order valence-corrected chi connectivity index (χ1v) is 14.5. The Morgan fingerprint density at radius 2 is 1.61 bits per heavy atom. The fourth-order valence-corrected chi connectivity index (χ4v) is 5.48. The molecule has 4 amide bonds. The van der Waals surface area contributed by atoms with Crippen molar-refractivity contribution in [2.24, 2.45) is 5.92 Å². The predicted octanol–water partition coefficient (Wildman–Crippen LogP) is 2.77. The summed E-state index contributed by atoms with van der Waals surface area (Å²) in [6.07, 6.45) is 4.79. The third-order valence-corrected chi connectivity index (χ3v) is 7.55. The van der Waals surface area contributed by atoms with Crippen molar-refractivity contribution in [3.63, 3.8) is 0 Å². The largest absolute Gasteiger partial charge is 0.480 e. The number of nitrogens with one attached hydrogen (secondary N) is 3. The number of carbonyl (C=O) groups excluding carboxylic acids is 4. The summed E-state index contributed by atoms with van der Waals surface area (Å²) < 4.78 is 5.24.